The largest absolute Gasteiger partial charge is 0.297 e. The van der Waals surface area contributed by atoms with Gasteiger partial charge in [-0.15, -0.1) is 10.2 Å². The van der Waals surface area contributed by atoms with Crippen LogP contribution in [0.4, 0.5) is 0 Å². The maximum atomic E-state index is 4.60. The second-order valence-electron chi connectivity index (χ2n) is 7.04. The van der Waals surface area contributed by atoms with Crippen molar-refractivity contribution in [3.8, 4) is 17.1 Å². The highest BCUT2D eigenvalue weighted by Crippen LogP contribution is 2.38. The highest BCUT2D eigenvalue weighted by atomic mass is 32.2. The van der Waals surface area contributed by atoms with Gasteiger partial charge in [-0.2, -0.15) is 0 Å². The van der Waals surface area contributed by atoms with E-state index in [1.54, 1.807) is 29.7 Å². The van der Waals surface area contributed by atoms with Crippen LogP contribution in [0.1, 0.15) is 17.2 Å². The first kappa shape index (κ1) is 18.4. The van der Waals surface area contributed by atoms with E-state index in [-0.39, 0.29) is 0 Å². The molecule has 5 rings (SSSR count). The Hall–Kier alpha value is -2.58. The zero-order valence-electron chi connectivity index (χ0n) is 16.2. The van der Waals surface area contributed by atoms with Gasteiger partial charge in [-0.3, -0.25) is 14.1 Å². The van der Waals surface area contributed by atoms with Gasteiger partial charge in [0.05, 0.1) is 6.04 Å². The predicted molar refractivity (Wildman–Crippen MR) is 117 cm³/mol. The van der Waals surface area contributed by atoms with E-state index in [2.05, 4.69) is 61.3 Å². The number of thioether (sulfide) groups is 2. The predicted octanol–water partition coefficient (Wildman–Crippen LogP) is 4.58. The molecule has 0 radical (unpaired) electrons. The molecule has 1 aliphatic rings. The van der Waals surface area contributed by atoms with E-state index in [1.165, 1.54) is 11.1 Å². The maximum Gasteiger partial charge on any atom is 0.191 e. The Morgan fingerprint density at radius 1 is 1.14 bits per heavy atom. The molecule has 0 N–H and O–H groups in total. The smallest absolute Gasteiger partial charge is 0.191 e. The molecular weight excluding hydrogens is 400 g/mol. The molecule has 0 spiro atoms. The number of aryl methyl sites for hydroxylation is 2. The van der Waals surface area contributed by atoms with Crippen LogP contribution in [-0.2, 0) is 0 Å². The third kappa shape index (κ3) is 3.47. The van der Waals surface area contributed by atoms with Gasteiger partial charge in [0.25, 0.3) is 0 Å². The van der Waals surface area contributed by atoms with Crippen molar-refractivity contribution in [2.24, 2.45) is 0 Å². The van der Waals surface area contributed by atoms with Gasteiger partial charge in [0.2, 0.25) is 0 Å². The fourth-order valence-electron chi connectivity index (χ4n) is 3.40. The summed E-state index contributed by atoms with van der Waals surface area (Å²) >= 11 is 3.53. The minimum atomic E-state index is 0.315. The molecule has 146 valence electrons. The molecule has 4 aromatic rings. The van der Waals surface area contributed by atoms with Gasteiger partial charge in [-0.1, -0.05) is 29.6 Å². The van der Waals surface area contributed by atoms with E-state index in [9.17, 15) is 0 Å². The van der Waals surface area contributed by atoms with E-state index in [1.807, 2.05) is 30.7 Å². The molecule has 1 unspecified atom stereocenters. The van der Waals surface area contributed by atoms with Crippen LogP contribution in [0.3, 0.4) is 0 Å². The second-order valence-corrected chi connectivity index (χ2v) is 9.02. The summed E-state index contributed by atoms with van der Waals surface area (Å²) in [4.78, 5) is 8.83. The minimum Gasteiger partial charge on any atom is -0.297 e. The average molecular weight is 421 g/mol. The van der Waals surface area contributed by atoms with Crippen LogP contribution in [0.5, 0.6) is 0 Å². The van der Waals surface area contributed by atoms with E-state index in [0.717, 1.165) is 38.9 Å². The summed E-state index contributed by atoms with van der Waals surface area (Å²) in [6.45, 7) is 4.28. The lowest BCUT2D eigenvalue weighted by molar-refractivity contribution is 0.596. The first-order valence-corrected chi connectivity index (χ1v) is 11.4. The molecule has 29 heavy (non-hydrogen) atoms. The van der Waals surface area contributed by atoms with Crippen LogP contribution in [0.15, 0.2) is 65.4 Å². The fraction of sp³-hybridized carbons (Fsp3) is 0.238. The van der Waals surface area contributed by atoms with Crippen LogP contribution >= 0.6 is 23.5 Å². The lowest BCUT2D eigenvalue weighted by Crippen LogP contribution is -2.11. The van der Waals surface area contributed by atoms with Gasteiger partial charge in [0.15, 0.2) is 16.1 Å². The number of aromatic nitrogens is 6. The number of fused-ring (bicyclic) bond motifs is 1. The third-order valence-corrected chi connectivity index (χ3v) is 7.33. The molecule has 0 saturated heterocycles. The molecular formula is C21H20N6S2. The summed E-state index contributed by atoms with van der Waals surface area (Å²) in [5, 5.41) is 10.8. The lowest BCUT2D eigenvalue weighted by Gasteiger charge is -2.15. The fourth-order valence-corrected chi connectivity index (χ4v) is 5.68. The van der Waals surface area contributed by atoms with Gasteiger partial charge in [-0.05, 0) is 49.2 Å². The molecule has 8 heteroatoms. The van der Waals surface area contributed by atoms with Crippen LogP contribution in [0.25, 0.3) is 17.1 Å². The Balaban J connectivity index is 1.38. The highest BCUT2D eigenvalue weighted by molar-refractivity contribution is 8.00. The summed E-state index contributed by atoms with van der Waals surface area (Å²) in [6, 6.07) is 10.8. The number of hydrogen-bond acceptors (Lipinski definition) is 6. The Labute approximate surface area is 177 Å². The van der Waals surface area contributed by atoms with Gasteiger partial charge in [0, 0.05) is 47.5 Å². The van der Waals surface area contributed by atoms with Crippen molar-refractivity contribution in [3.05, 3.63) is 66.2 Å². The van der Waals surface area contributed by atoms with Gasteiger partial charge < -0.3 is 0 Å². The second kappa shape index (κ2) is 7.68. The number of benzene rings is 1. The van der Waals surface area contributed by atoms with E-state index >= 15 is 0 Å². The Morgan fingerprint density at radius 2 is 2.07 bits per heavy atom. The van der Waals surface area contributed by atoms with Crippen molar-refractivity contribution in [1.29, 1.82) is 0 Å². The third-order valence-electron chi connectivity index (χ3n) is 5.13. The van der Waals surface area contributed by atoms with E-state index in [4.69, 9.17) is 0 Å². The number of hydrogen-bond donors (Lipinski definition) is 0. The maximum absolute atomic E-state index is 4.60. The van der Waals surface area contributed by atoms with Crippen LogP contribution < -0.4 is 0 Å². The minimum absolute atomic E-state index is 0.315. The lowest BCUT2D eigenvalue weighted by atomic mass is 10.1. The molecule has 0 amide bonds. The van der Waals surface area contributed by atoms with E-state index in [0.29, 0.717) is 6.04 Å². The molecule has 0 fully saturated rings. The van der Waals surface area contributed by atoms with Crippen molar-refractivity contribution in [3.63, 3.8) is 0 Å². The normalized spacial score (nSPS) is 15.6. The summed E-state index contributed by atoms with van der Waals surface area (Å²) in [6.07, 6.45) is 7.52. The van der Waals surface area contributed by atoms with Crippen LogP contribution in [-0.4, -0.2) is 40.8 Å². The van der Waals surface area contributed by atoms with Gasteiger partial charge in [-0.25, -0.2) is 4.98 Å². The molecule has 3 aromatic heterocycles. The zero-order chi connectivity index (χ0) is 19.8. The number of pyridine rings is 1. The number of rotatable bonds is 5. The van der Waals surface area contributed by atoms with Crippen LogP contribution in [0.2, 0.25) is 0 Å². The zero-order valence-corrected chi connectivity index (χ0v) is 17.8. The molecule has 1 atom stereocenters. The standard InChI is InChI=1S/C21H20N6S2/c1-14-5-6-17(10-15(14)2)26-9-8-23-20(26)28-12-18-13-29-21-25-24-19(27(18)21)16-4-3-7-22-11-16/h3-11,18H,12-13H2,1-2H3. The van der Waals surface area contributed by atoms with Crippen molar-refractivity contribution in [1.82, 2.24) is 29.3 Å². The van der Waals surface area contributed by atoms with Gasteiger partial charge >= 0.3 is 0 Å². The molecule has 1 aromatic carbocycles. The molecule has 4 heterocycles. The summed E-state index contributed by atoms with van der Waals surface area (Å²) in [5.41, 5.74) is 4.74. The SMILES string of the molecule is Cc1ccc(-n2ccnc2SCC2CSc3nnc(-c4cccnc4)n32)cc1C. The monoisotopic (exact) mass is 420 g/mol. The molecule has 6 nitrogen and oxygen atoms in total. The Bertz CT molecular complexity index is 1150. The summed E-state index contributed by atoms with van der Waals surface area (Å²) in [5.74, 6) is 2.80. The van der Waals surface area contributed by atoms with Gasteiger partial charge in [0.1, 0.15) is 0 Å². The Morgan fingerprint density at radius 3 is 2.90 bits per heavy atom. The first-order chi connectivity index (χ1) is 14.2. The average Bonchev–Trinajstić information content (AvgIpc) is 3.46. The van der Waals surface area contributed by atoms with Crippen molar-refractivity contribution in [2.75, 3.05) is 11.5 Å². The van der Waals surface area contributed by atoms with Crippen molar-refractivity contribution >= 4 is 23.5 Å². The number of imidazole rings is 1. The number of nitrogens with zero attached hydrogens (tertiary/aromatic N) is 6. The van der Waals surface area contributed by atoms with E-state index < -0.39 is 0 Å². The molecule has 0 saturated carbocycles. The first-order valence-electron chi connectivity index (χ1n) is 9.42. The van der Waals surface area contributed by atoms with Crippen LogP contribution in [0, 0.1) is 13.8 Å². The van der Waals surface area contributed by atoms with Crippen molar-refractivity contribution in [2.45, 2.75) is 30.2 Å². The quantitative estimate of drug-likeness (QED) is 0.440. The molecule has 0 bridgehead atoms. The molecule has 0 aliphatic carbocycles. The highest BCUT2D eigenvalue weighted by Gasteiger charge is 2.29. The van der Waals surface area contributed by atoms with Crippen molar-refractivity contribution < 1.29 is 0 Å². The topological polar surface area (TPSA) is 61.4 Å². The summed E-state index contributed by atoms with van der Waals surface area (Å²) in [7, 11) is 0. The summed E-state index contributed by atoms with van der Waals surface area (Å²) < 4.78 is 4.41. The molecule has 1 aliphatic heterocycles. The Kier molecular flexibility index (Phi) is 4.89.